The number of hydrogen-bond acceptors (Lipinski definition) is 6. The van der Waals surface area contributed by atoms with Gasteiger partial charge in [0.2, 0.25) is 0 Å². The number of oxime groups is 1. The summed E-state index contributed by atoms with van der Waals surface area (Å²) in [7, 11) is 0. The molecule has 1 aromatic heterocycles. The highest BCUT2D eigenvalue weighted by Gasteiger charge is 2.20. The van der Waals surface area contributed by atoms with Crippen molar-refractivity contribution < 1.29 is 24.2 Å². The molecule has 138 valence electrons. The fourth-order valence-electron chi connectivity index (χ4n) is 2.02. The normalized spacial score (nSPS) is 12.2. The standard InChI is InChI=1S/C18H18BrFN2O4/c1-18(2,3)26-22-16(17-14(25)5-4-12(9-24)21-17)10-6-11(8-23)15(20)13(19)7-10/h4-7,9,23,25H,8H2,1-3H3/b22-16-. The number of halogens is 2. The number of aliphatic hydroxyl groups excluding tert-OH is 1. The molecule has 2 aromatic rings. The molecule has 0 saturated carbocycles. The van der Waals surface area contributed by atoms with Gasteiger partial charge in [-0.15, -0.1) is 0 Å². The molecule has 0 unspecified atom stereocenters. The number of aromatic hydroxyl groups is 1. The van der Waals surface area contributed by atoms with Crippen LogP contribution >= 0.6 is 15.9 Å². The lowest BCUT2D eigenvalue weighted by Crippen LogP contribution is -2.18. The van der Waals surface area contributed by atoms with E-state index in [9.17, 15) is 19.4 Å². The van der Waals surface area contributed by atoms with Crippen LogP contribution in [0.5, 0.6) is 5.75 Å². The smallest absolute Gasteiger partial charge is 0.168 e. The van der Waals surface area contributed by atoms with Crippen LogP contribution in [0.3, 0.4) is 0 Å². The first-order chi connectivity index (χ1) is 12.2. The average molecular weight is 425 g/mol. The van der Waals surface area contributed by atoms with E-state index in [1.807, 2.05) is 0 Å². The minimum Gasteiger partial charge on any atom is -0.506 e. The Morgan fingerprint density at radius 1 is 1.38 bits per heavy atom. The fraction of sp³-hybridized carbons (Fsp3) is 0.278. The van der Waals surface area contributed by atoms with E-state index in [1.54, 1.807) is 20.8 Å². The maximum Gasteiger partial charge on any atom is 0.168 e. The van der Waals surface area contributed by atoms with Crippen molar-refractivity contribution in [2.75, 3.05) is 0 Å². The summed E-state index contributed by atoms with van der Waals surface area (Å²) in [6.45, 7) is 4.81. The molecule has 1 heterocycles. The monoisotopic (exact) mass is 424 g/mol. The van der Waals surface area contributed by atoms with Crippen LogP contribution in [0.2, 0.25) is 0 Å². The summed E-state index contributed by atoms with van der Waals surface area (Å²) in [5.41, 5.74) is -0.0795. The summed E-state index contributed by atoms with van der Waals surface area (Å²) in [4.78, 5) is 20.6. The van der Waals surface area contributed by atoms with Crippen molar-refractivity contribution in [1.82, 2.24) is 4.98 Å². The number of benzene rings is 1. The number of nitrogens with zero attached hydrogens (tertiary/aromatic N) is 2. The third-order valence-corrected chi connectivity index (χ3v) is 3.78. The maximum absolute atomic E-state index is 14.0. The molecule has 0 radical (unpaired) electrons. The Labute approximate surface area is 158 Å². The molecule has 0 saturated heterocycles. The molecule has 26 heavy (non-hydrogen) atoms. The molecule has 6 nitrogen and oxygen atoms in total. The summed E-state index contributed by atoms with van der Waals surface area (Å²) < 4.78 is 14.1. The first-order valence-corrected chi connectivity index (χ1v) is 8.46. The first-order valence-electron chi connectivity index (χ1n) is 7.67. The van der Waals surface area contributed by atoms with Crippen molar-refractivity contribution in [3.05, 3.63) is 57.1 Å². The largest absolute Gasteiger partial charge is 0.506 e. The van der Waals surface area contributed by atoms with E-state index in [2.05, 4.69) is 26.1 Å². The van der Waals surface area contributed by atoms with Crippen LogP contribution in [-0.2, 0) is 11.4 Å². The van der Waals surface area contributed by atoms with Gasteiger partial charge < -0.3 is 15.1 Å². The van der Waals surface area contributed by atoms with Crippen molar-refractivity contribution >= 4 is 27.9 Å². The van der Waals surface area contributed by atoms with Gasteiger partial charge in [-0.2, -0.15) is 0 Å². The van der Waals surface area contributed by atoms with E-state index in [-0.39, 0.29) is 32.9 Å². The molecular formula is C18H18BrFN2O4. The van der Waals surface area contributed by atoms with Crippen LogP contribution in [0.15, 0.2) is 33.9 Å². The van der Waals surface area contributed by atoms with E-state index >= 15 is 0 Å². The maximum atomic E-state index is 14.0. The zero-order valence-corrected chi connectivity index (χ0v) is 16.0. The van der Waals surface area contributed by atoms with Crippen molar-refractivity contribution in [3.63, 3.8) is 0 Å². The predicted molar refractivity (Wildman–Crippen MR) is 97.8 cm³/mol. The van der Waals surface area contributed by atoms with Crippen molar-refractivity contribution in [3.8, 4) is 5.75 Å². The number of pyridine rings is 1. The lowest BCUT2D eigenvalue weighted by atomic mass is 10.0. The summed E-state index contributed by atoms with van der Waals surface area (Å²) in [6, 6.07) is 5.46. The van der Waals surface area contributed by atoms with Gasteiger partial charge in [-0.25, -0.2) is 9.37 Å². The second-order valence-corrected chi connectivity index (χ2v) is 7.31. The summed E-state index contributed by atoms with van der Waals surface area (Å²) >= 11 is 3.09. The number of rotatable bonds is 5. The van der Waals surface area contributed by atoms with Crippen LogP contribution in [0.25, 0.3) is 0 Å². The van der Waals surface area contributed by atoms with Gasteiger partial charge in [0, 0.05) is 11.1 Å². The molecule has 0 fully saturated rings. The second-order valence-electron chi connectivity index (χ2n) is 6.45. The molecule has 0 aliphatic heterocycles. The Morgan fingerprint density at radius 2 is 2.08 bits per heavy atom. The molecule has 0 aliphatic rings. The van der Waals surface area contributed by atoms with Gasteiger partial charge in [-0.3, -0.25) is 4.79 Å². The Morgan fingerprint density at radius 3 is 2.65 bits per heavy atom. The second kappa shape index (κ2) is 7.92. The van der Waals surface area contributed by atoms with E-state index in [1.165, 1.54) is 24.3 Å². The van der Waals surface area contributed by atoms with Crippen molar-refractivity contribution in [2.45, 2.75) is 33.0 Å². The molecule has 1 aromatic carbocycles. The minimum atomic E-state index is -0.639. The Hall–Kier alpha value is -2.32. The molecule has 0 amide bonds. The number of carbonyl (C=O) groups excluding carboxylic acids is 1. The van der Waals surface area contributed by atoms with Gasteiger partial charge in [-0.05, 0) is 61.0 Å². The number of carbonyl (C=O) groups is 1. The Balaban J connectivity index is 2.71. The molecule has 0 aliphatic carbocycles. The third kappa shape index (κ3) is 4.64. The van der Waals surface area contributed by atoms with E-state index in [0.717, 1.165) is 0 Å². The zero-order valence-electron chi connectivity index (χ0n) is 14.5. The van der Waals surface area contributed by atoms with Gasteiger partial charge in [0.1, 0.15) is 34.3 Å². The number of aromatic nitrogens is 1. The number of aliphatic hydroxyl groups is 1. The highest BCUT2D eigenvalue weighted by Crippen LogP contribution is 2.26. The van der Waals surface area contributed by atoms with Gasteiger partial charge in [0.25, 0.3) is 0 Å². The predicted octanol–water partition coefficient (Wildman–Crippen LogP) is 3.56. The highest BCUT2D eigenvalue weighted by molar-refractivity contribution is 9.10. The SMILES string of the molecule is CC(C)(C)O/N=C(/c1cc(Br)c(F)c(CO)c1)c1nc(C=O)ccc1O. The first kappa shape index (κ1) is 20.0. The third-order valence-electron chi connectivity index (χ3n) is 3.20. The summed E-state index contributed by atoms with van der Waals surface area (Å²) in [6.07, 6.45) is 0.533. The van der Waals surface area contributed by atoms with E-state index in [4.69, 9.17) is 4.84 Å². The summed E-state index contributed by atoms with van der Waals surface area (Å²) in [5.74, 6) is -0.830. The Bertz CT molecular complexity index is 863. The zero-order chi connectivity index (χ0) is 19.5. The van der Waals surface area contributed by atoms with E-state index in [0.29, 0.717) is 11.8 Å². The molecule has 8 heteroatoms. The topological polar surface area (TPSA) is 92.0 Å². The molecule has 0 spiro atoms. The average Bonchev–Trinajstić information content (AvgIpc) is 2.58. The van der Waals surface area contributed by atoms with Crippen LogP contribution < -0.4 is 0 Å². The lowest BCUT2D eigenvalue weighted by Gasteiger charge is -2.18. The summed E-state index contributed by atoms with van der Waals surface area (Å²) in [5, 5.41) is 23.6. The highest BCUT2D eigenvalue weighted by atomic mass is 79.9. The van der Waals surface area contributed by atoms with Gasteiger partial charge >= 0.3 is 0 Å². The number of hydrogen-bond donors (Lipinski definition) is 2. The van der Waals surface area contributed by atoms with Gasteiger partial charge in [-0.1, -0.05) is 5.16 Å². The van der Waals surface area contributed by atoms with Crippen LogP contribution in [-0.4, -0.2) is 32.8 Å². The molecule has 2 N–H and O–H groups in total. The van der Waals surface area contributed by atoms with Crippen molar-refractivity contribution in [1.29, 1.82) is 0 Å². The Kier molecular flexibility index (Phi) is 6.09. The van der Waals surface area contributed by atoms with Crippen LogP contribution in [0.1, 0.15) is 48.1 Å². The van der Waals surface area contributed by atoms with Crippen LogP contribution in [0.4, 0.5) is 4.39 Å². The minimum absolute atomic E-state index is 0.00116. The van der Waals surface area contributed by atoms with Gasteiger partial charge in [0.05, 0.1) is 11.1 Å². The van der Waals surface area contributed by atoms with Crippen molar-refractivity contribution in [2.24, 2.45) is 5.16 Å². The molecular weight excluding hydrogens is 407 g/mol. The lowest BCUT2D eigenvalue weighted by molar-refractivity contribution is 0.00110. The van der Waals surface area contributed by atoms with Gasteiger partial charge in [0.15, 0.2) is 6.29 Å². The van der Waals surface area contributed by atoms with E-state index < -0.39 is 18.0 Å². The molecule has 0 bridgehead atoms. The van der Waals surface area contributed by atoms with Crippen LogP contribution in [0, 0.1) is 5.82 Å². The number of aldehydes is 1. The molecule has 2 rings (SSSR count). The fourth-order valence-corrected chi connectivity index (χ4v) is 2.52. The molecule has 0 atom stereocenters. The quantitative estimate of drug-likeness (QED) is 0.434.